The Kier molecular flexibility index (Phi) is 6.37. The topological polar surface area (TPSA) is 75.7 Å². The molecular formula is C22H26N2O4S. The summed E-state index contributed by atoms with van der Waals surface area (Å²) < 4.78 is 5.52. The summed E-state index contributed by atoms with van der Waals surface area (Å²) in [6.07, 6.45) is 0.814. The van der Waals surface area contributed by atoms with Crippen LogP contribution < -0.4 is 10.2 Å². The van der Waals surface area contributed by atoms with Gasteiger partial charge in [-0.05, 0) is 58.2 Å². The Morgan fingerprint density at radius 1 is 1.21 bits per heavy atom. The average molecular weight is 415 g/mol. The summed E-state index contributed by atoms with van der Waals surface area (Å²) in [5, 5.41) is 3.36. The summed E-state index contributed by atoms with van der Waals surface area (Å²) in [5.74, 6) is -0.917. The Labute approximate surface area is 174 Å². The number of amides is 2. The van der Waals surface area contributed by atoms with E-state index >= 15 is 0 Å². The number of hydrogen-bond donors (Lipinski definition) is 1. The van der Waals surface area contributed by atoms with Crippen LogP contribution in [-0.2, 0) is 14.3 Å². The fraction of sp³-hybridized carbons (Fsp3) is 0.409. The number of aryl methyl sites for hydroxylation is 1. The van der Waals surface area contributed by atoms with Gasteiger partial charge in [0, 0.05) is 23.0 Å². The van der Waals surface area contributed by atoms with Crippen LogP contribution in [0.2, 0.25) is 0 Å². The highest BCUT2D eigenvalue weighted by atomic mass is 32.1. The van der Waals surface area contributed by atoms with Gasteiger partial charge in [-0.3, -0.25) is 9.59 Å². The van der Waals surface area contributed by atoms with Crippen molar-refractivity contribution in [3.05, 3.63) is 46.3 Å². The van der Waals surface area contributed by atoms with Gasteiger partial charge in [0.2, 0.25) is 5.91 Å². The fourth-order valence-electron chi connectivity index (χ4n) is 3.08. The molecule has 0 unspecified atom stereocenters. The molecule has 1 saturated carbocycles. The Hall–Kier alpha value is -2.67. The highest BCUT2D eigenvalue weighted by molar-refractivity contribution is 7.16. The maximum absolute atomic E-state index is 12.9. The number of rotatable bonds is 7. The van der Waals surface area contributed by atoms with Gasteiger partial charge >= 0.3 is 5.97 Å². The van der Waals surface area contributed by atoms with Gasteiger partial charge in [0.25, 0.3) is 5.91 Å². The number of esters is 1. The number of para-hydroxylation sites is 1. The van der Waals surface area contributed by atoms with Crippen molar-refractivity contribution in [3.63, 3.8) is 0 Å². The van der Waals surface area contributed by atoms with Gasteiger partial charge in [0.1, 0.15) is 5.00 Å². The second-order valence-corrected chi connectivity index (χ2v) is 8.44. The average Bonchev–Trinajstić information content (AvgIpc) is 3.50. The molecule has 6 nitrogen and oxygen atoms in total. The van der Waals surface area contributed by atoms with E-state index < -0.39 is 12.1 Å². The summed E-state index contributed by atoms with van der Waals surface area (Å²) in [7, 11) is 0. The molecule has 0 radical (unpaired) electrons. The summed E-state index contributed by atoms with van der Waals surface area (Å²) in [5.41, 5.74) is 1.85. The van der Waals surface area contributed by atoms with Crippen LogP contribution >= 0.6 is 11.3 Å². The lowest BCUT2D eigenvalue weighted by Crippen LogP contribution is -2.40. The minimum Gasteiger partial charge on any atom is -0.449 e. The third-order valence-corrected chi connectivity index (χ3v) is 6.18. The first kappa shape index (κ1) is 21.0. The number of carbonyl (C=O) groups excluding carboxylic acids is 3. The van der Waals surface area contributed by atoms with Crippen LogP contribution in [0.25, 0.3) is 0 Å². The molecule has 2 amide bonds. The number of nitrogens with one attached hydrogen (secondary N) is 1. The standard InChI is InChI=1S/C22H26N2O4S/c1-5-24(17-9-7-6-8-10-17)21(26)14(3)28-22(27)18-13(2)15(4)29-20(18)23-19(25)16-11-12-16/h6-10,14,16H,5,11-12H2,1-4H3,(H,23,25)/t14-/m1/s1. The van der Waals surface area contributed by atoms with E-state index in [4.69, 9.17) is 4.74 Å². The van der Waals surface area contributed by atoms with Gasteiger partial charge in [-0.1, -0.05) is 18.2 Å². The molecule has 0 spiro atoms. The van der Waals surface area contributed by atoms with E-state index in [-0.39, 0.29) is 17.7 Å². The van der Waals surface area contributed by atoms with Crippen LogP contribution in [0.5, 0.6) is 0 Å². The molecule has 1 heterocycles. The van der Waals surface area contributed by atoms with Gasteiger partial charge in [-0.2, -0.15) is 0 Å². The van der Waals surface area contributed by atoms with E-state index in [1.807, 2.05) is 51.1 Å². The summed E-state index contributed by atoms with van der Waals surface area (Å²) >= 11 is 1.36. The zero-order chi connectivity index (χ0) is 21.1. The van der Waals surface area contributed by atoms with Crippen LogP contribution in [0.4, 0.5) is 10.7 Å². The Balaban J connectivity index is 1.75. The highest BCUT2D eigenvalue weighted by Gasteiger charge is 2.32. The lowest BCUT2D eigenvalue weighted by atomic mass is 10.1. The normalized spacial score (nSPS) is 14.2. The first-order valence-electron chi connectivity index (χ1n) is 9.81. The second kappa shape index (κ2) is 8.78. The van der Waals surface area contributed by atoms with Crippen molar-refractivity contribution >= 4 is 39.8 Å². The molecule has 1 N–H and O–H groups in total. The summed E-state index contributed by atoms with van der Waals surface area (Å²) in [4.78, 5) is 40.4. The first-order chi connectivity index (χ1) is 13.8. The third kappa shape index (κ3) is 4.67. The molecule has 1 aromatic carbocycles. The van der Waals surface area contributed by atoms with Crippen LogP contribution in [-0.4, -0.2) is 30.4 Å². The molecule has 1 atom stereocenters. The summed E-state index contributed by atoms with van der Waals surface area (Å²) in [6, 6.07) is 9.27. The lowest BCUT2D eigenvalue weighted by molar-refractivity contribution is -0.126. The van der Waals surface area contributed by atoms with Crippen LogP contribution in [0, 0.1) is 19.8 Å². The number of anilines is 2. The molecule has 3 rings (SSSR count). The summed E-state index contributed by atoms with van der Waals surface area (Å²) in [6.45, 7) is 7.63. The number of hydrogen-bond acceptors (Lipinski definition) is 5. The molecular weight excluding hydrogens is 388 g/mol. The van der Waals surface area contributed by atoms with E-state index in [2.05, 4.69) is 5.32 Å². The van der Waals surface area contributed by atoms with Crippen molar-refractivity contribution in [2.24, 2.45) is 5.92 Å². The predicted octanol–water partition coefficient (Wildman–Crippen LogP) is 4.31. The van der Waals surface area contributed by atoms with Gasteiger partial charge in [-0.25, -0.2) is 4.79 Å². The molecule has 1 aliphatic carbocycles. The maximum Gasteiger partial charge on any atom is 0.342 e. The quantitative estimate of drug-likeness (QED) is 0.685. The highest BCUT2D eigenvalue weighted by Crippen LogP contribution is 2.36. The van der Waals surface area contributed by atoms with Crippen molar-refractivity contribution < 1.29 is 19.1 Å². The van der Waals surface area contributed by atoms with Gasteiger partial charge in [0.15, 0.2) is 6.10 Å². The van der Waals surface area contributed by atoms with Gasteiger partial charge in [0.05, 0.1) is 5.56 Å². The van der Waals surface area contributed by atoms with Crippen LogP contribution in [0.15, 0.2) is 30.3 Å². The monoisotopic (exact) mass is 414 g/mol. The molecule has 1 aliphatic rings. The fourth-order valence-corrected chi connectivity index (χ4v) is 4.13. The van der Waals surface area contributed by atoms with Crippen molar-refractivity contribution in [1.29, 1.82) is 0 Å². The number of thiophene rings is 1. The van der Waals surface area contributed by atoms with Crippen LogP contribution in [0.3, 0.4) is 0 Å². The molecule has 2 aromatic rings. The molecule has 1 fully saturated rings. The molecule has 0 saturated heterocycles. The van der Waals surface area contributed by atoms with E-state index in [0.717, 1.165) is 29.0 Å². The van der Waals surface area contributed by atoms with Crippen molar-refractivity contribution in [2.75, 3.05) is 16.8 Å². The molecule has 7 heteroatoms. The Bertz CT molecular complexity index is 918. The smallest absolute Gasteiger partial charge is 0.342 e. The van der Waals surface area contributed by atoms with Gasteiger partial charge in [-0.15, -0.1) is 11.3 Å². The predicted molar refractivity (Wildman–Crippen MR) is 114 cm³/mol. The lowest BCUT2D eigenvalue weighted by Gasteiger charge is -2.24. The zero-order valence-corrected chi connectivity index (χ0v) is 18.0. The molecule has 0 bridgehead atoms. The van der Waals surface area contributed by atoms with Crippen LogP contribution in [0.1, 0.15) is 47.5 Å². The van der Waals surface area contributed by atoms with E-state index in [1.165, 1.54) is 11.3 Å². The number of nitrogens with zero attached hydrogens (tertiary/aromatic N) is 1. The van der Waals surface area contributed by atoms with E-state index in [1.54, 1.807) is 11.8 Å². The van der Waals surface area contributed by atoms with E-state index in [9.17, 15) is 14.4 Å². The number of ether oxygens (including phenoxy) is 1. The Morgan fingerprint density at radius 3 is 2.45 bits per heavy atom. The first-order valence-corrected chi connectivity index (χ1v) is 10.6. The molecule has 0 aliphatic heterocycles. The van der Waals surface area contributed by atoms with Crippen molar-refractivity contribution in [1.82, 2.24) is 0 Å². The number of likely N-dealkylation sites (N-methyl/N-ethyl adjacent to an activating group) is 1. The van der Waals surface area contributed by atoms with E-state index in [0.29, 0.717) is 17.1 Å². The SMILES string of the molecule is CCN(C(=O)[C@@H](C)OC(=O)c1c(NC(=O)C2CC2)sc(C)c1C)c1ccccc1. The molecule has 1 aromatic heterocycles. The van der Waals surface area contributed by atoms with Gasteiger partial charge < -0.3 is 15.0 Å². The number of benzene rings is 1. The molecule has 29 heavy (non-hydrogen) atoms. The van der Waals surface area contributed by atoms with Crippen molar-refractivity contribution in [3.8, 4) is 0 Å². The van der Waals surface area contributed by atoms with Crippen molar-refractivity contribution in [2.45, 2.75) is 46.6 Å². The third-order valence-electron chi connectivity index (χ3n) is 5.06. The Morgan fingerprint density at radius 2 is 1.86 bits per heavy atom. The largest absolute Gasteiger partial charge is 0.449 e. The minimum atomic E-state index is -0.950. The number of carbonyl (C=O) groups is 3. The zero-order valence-electron chi connectivity index (χ0n) is 17.2. The maximum atomic E-state index is 12.9. The minimum absolute atomic E-state index is 0.0334. The molecule has 154 valence electrons. The second-order valence-electron chi connectivity index (χ2n) is 7.22.